The van der Waals surface area contributed by atoms with E-state index in [1.54, 1.807) is 0 Å². The molecule has 1 saturated heterocycles. The fourth-order valence-corrected chi connectivity index (χ4v) is 3.44. The molecule has 0 amide bonds. The van der Waals surface area contributed by atoms with Crippen molar-refractivity contribution in [3.63, 3.8) is 0 Å². The lowest BCUT2D eigenvalue weighted by Gasteiger charge is -2.36. The second kappa shape index (κ2) is 5.01. The van der Waals surface area contributed by atoms with Crippen LogP contribution in [0.5, 0.6) is 0 Å². The Balaban J connectivity index is 1.81. The van der Waals surface area contributed by atoms with Crippen LogP contribution >= 0.6 is 12.2 Å². The van der Waals surface area contributed by atoms with Gasteiger partial charge in [0.05, 0.1) is 5.69 Å². The van der Waals surface area contributed by atoms with E-state index in [4.69, 9.17) is 12.2 Å². The normalized spacial score (nSPS) is 29.9. The van der Waals surface area contributed by atoms with Crippen LogP contribution in [0.15, 0.2) is 18.2 Å². The Morgan fingerprint density at radius 3 is 2.55 bits per heavy atom. The quantitative estimate of drug-likeness (QED) is 0.775. The molecule has 1 aliphatic carbocycles. The number of hydrogen-bond acceptors (Lipinski definition) is 2. The Morgan fingerprint density at radius 1 is 1.20 bits per heavy atom. The number of rotatable bonds is 1. The zero-order valence-electron chi connectivity index (χ0n) is 12.5. The summed E-state index contributed by atoms with van der Waals surface area (Å²) in [5.74, 6) is 0.827. The molecule has 3 rings (SSSR count). The van der Waals surface area contributed by atoms with Gasteiger partial charge in [-0.05, 0) is 80.9 Å². The monoisotopic (exact) mass is 289 g/mol. The first-order valence-corrected chi connectivity index (χ1v) is 7.87. The zero-order valence-corrected chi connectivity index (χ0v) is 13.3. The van der Waals surface area contributed by atoms with Crippen LogP contribution in [0.2, 0.25) is 0 Å². The van der Waals surface area contributed by atoms with E-state index in [0.717, 1.165) is 29.6 Å². The SMILES string of the molecule is Cc1ccc(N2NC3(CCC(C)CC3)NC2=S)cc1C. The fourth-order valence-electron chi connectivity index (χ4n) is 3.09. The van der Waals surface area contributed by atoms with E-state index in [1.165, 1.54) is 24.0 Å². The highest BCUT2D eigenvalue weighted by atomic mass is 32.1. The molecule has 0 radical (unpaired) electrons. The maximum atomic E-state index is 5.53. The minimum absolute atomic E-state index is 0.0254. The Bertz CT molecular complexity index is 533. The summed E-state index contributed by atoms with van der Waals surface area (Å²) >= 11 is 5.53. The van der Waals surface area contributed by atoms with Crippen molar-refractivity contribution < 1.29 is 0 Å². The molecule has 0 bridgehead atoms. The molecule has 0 aromatic heterocycles. The first kappa shape index (κ1) is 13.8. The van der Waals surface area contributed by atoms with Gasteiger partial charge in [-0.2, -0.15) is 0 Å². The molecule has 2 fully saturated rings. The maximum absolute atomic E-state index is 5.53. The van der Waals surface area contributed by atoms with E-state index in [2.05, 4.69) is 49.7 Å². The molecule has 0 atom stereocenters. The van der Waals surface area contributed by atoms with Crippen LogP contribution in [0.4, 0.5) is 5.69 Å². The standard InChI is InChI=1S/C16H23N3S/c1-11-6-8-16(9-7-11)17-15(20)19(18-16)14-5-4-12(2)13(3)10-14/h4-5,10-11,18H,6-9H2,1-3H3,(H,17,20). The molecule has 1 aliphatic heterocycles. The summed E-state index contributed by atoms with van der Waals surface area (Å²) < 4.78 is 0. The number of benzene rings is 1. The highest BCUT2D eigenvalue weighted by Crippen LogP contribution is 2.34. The predicted octanol–water partition coefficient (Wildman–Crippen LogP) is 3.41. The zero-order chi connectivity index (χ0) is 14.3. The number of hydrogen-bond donors (Lipinski definition) is 2. The van der Waals surface area contributed by atoms with Crippen molar-refractivity contribution in [3.8, 4) is 0 Å². The lowest BCUT2D eigenvalue weighted by Crippen LogP contribution is -2.53. The van der Waals surface area contributed by atoms with E-state index < -0.39 is 0 Å². The lowest BCUT2D eigenvalue weighted by atomic mass is 9.83. The fraction of sp³-hybridized carbons (Fsp3) is 0.562. The minimum atomic E-state index is -0.0254. The molecule has 3 nitrogen and oxygen atoms in total. The predicted molar refractivity (Wildman–Crippen MR) is 87.6 cm³/mol. The van der Waals surface area contributed by atoms with E-state index >= 15 is 0 Å². The van der Waals surface area contributed by atoms with Crippen LogP contribution in [0.3, 0.4) is 0 Å². The third-order valence-electron chi connectivity index (χ3n) is 4.75. The van der Waals surface area contributed by atoms with Gasteiger partial charge < -0.3 is 5.32 Å². The third-order valence-corrected chi connectivity index (χ3v) is 5.04. The molecule has 20 heavy (non-hydrogen) atoms. The number of anilines is 1. The number of thiocarbonyl (C=S) groups is 1. The first-order chi connectivity index (χ1) is 9.49. The smallest absolute Gasteiger partial charge is 0.189 e. The van der Waals surface area contributed by atoms with Crippen molar-refractivity contribution in [2.24, 2.45) is 5.92 Å². The summed E-state index contributed by atoms with van der Waals surface area (Å²) in [4.78, 5) is 0. The summed E-state index contributed by atoms with van der Waals surface area (Å²) in [5, 5.41) is 6.35. The molecule has 2 N–H and O–H groups in total. The van der Waals surface area contributed by atoms with Crippen molar-refractivity contribution >= 4 is 23.0 Å². The second-order valence-corrected chi connectivity index (χ2v) is 6.80. The Morgan fingerprint density at radius 2 is 1.90 bits per heavy atom. The van der Waals surface area contributed by atoms with E-state index in [-0.39, 0.29) is 5.66 Å². The van der Waals surface area contributed by atoms with Crippen molar-refractivity contribution in [1.29, 1.82) is 0 Å². The summed E-state index contributed by atoms with van der Waals surface area (Å²) in [6.07, 6.45) is 4.78. The maximum Gasteiger partial charge on any atom is 0.189 e. The highest BCUT2D eigenvalue weighted by Gasteiger charge is 2.42. The summed E-state index contributed by atoms with van der Waals surface area (Å²) in [7, 11) is 0. The number of hydrazine groups is 1. The van der Waals surface area contributed by atoms with Crippen LogP contribution in [-0.2, 0) is 0 Å². The Kier molecular flexibility index (Phi) is 3.46. The van der Waals surface area contributed by atoms with Crippen molar-refractivity contribution in [3.05, 3.63) is 29.3 Å². The largest absolute Gasteiger partial charge is 0.342 e. The van der Waals surface area contributed by atoms with Gasteiger partial charge in [-0.3, -0.25) is 5.01 Å². The van der Waals surface area contributed by atoms with Gasteiger partial charge in [0, 0.05) is 0 Å². The number of nitrogens with zero attached hydrogens (tertiary/aromatic N) is 1. The molecule has 2 aliphatic rings. The molecule has 1 saturated carbocycles. The van der Waals surface area contributed by atoms with Crippen LogP contribution in [0.25, 0.3) is 0 Å². The van der Waals surface area contributed by atoms with Crippen LogP contribution < -0.4 is 15.8 Å². The molecule has 108 valence electrons. The van der Waals surface area contributed by atoms with E-state index in [9.17, 15) is 0 Å². The molecule has 1 heterocycles. The first-order valence-electron chi connectivity index (χ1n) is 7.46. The molecule has 4 heteroatoms. The van der Waals surface area contributed by atoms with Gasteiger partial charge in [0.15, 0.2) is 5.11 Å². The Labute approximate surface area is 126 Å². The molecule has 1 aromatic rings. The summed E-state index contributed by atoms with van der Waals surface area (Å²) in [6.45, 7) is 6.61. The average Bonchev–Trinajstić information content (AvgIpc) is 2.74. The van der Waals surface area contributed by atoms with Crippen LogP contribution in [0.1, 0.15) is 43.7 Å². The average molecular weight is 289 g/mol. The molecule has 1 spiro atoms. The molecule has 1 aromatic carbocycles. The topological polar surface area (TPSA) is 27.3 Å². The summed E-state index contributed by atoms with van der Waals surface area (Å²) in [5.41, 5.74) is 7.33. The van der Waals surface area contributed by atoms with Gasteiger partial charge in [0.25, 0.3) is 0 Å². The highest BCUT2D eigenvalue weighted by molar-refractivity contribution is 7.80. The Hall–Kier alpha value is -1.13. The van der Waals surface area contributed by atoms with Crippen LogP contribution in [-0.4, -0.2) is 10.8 Å². The van der Waals surface area contributed by atoms with Crippen LogP contribution in [0, 0.1) is 19.8 Å². The van der Waals surface area contributed by atoms with Gasteiger partial charge >= 0.3 is 0 Å². The summed E-state index contributed by atoms with van der Waals surface area (Å²) in [6, 6.07) is 6.48. The van der Waals surface area contributed by atoms with Gasteiger partial charge in [0.1, 0.15) is 5.66 Å². The number of nitrogens with one attached hydrogen (secondary N) is 2. The van der Waals surface area contributed by atoms with Crippen molar-refractivity contribution in [2.45, 2.75) is 52.1 Å². The van der Waals surface area contributed by atoms with Gasteiger partial charge in [-0.25, -0.2) is 5.43 Å². The van der Waals surface area contributed by atoms with E-state index in [1.807, 2.05) is 5.01 Å². The third kappa shape index (κ3) is 2.42. The van der Waals surface area contributed by atoms with Gasteiger partial charge in [0.2, 0.25) is 0 Å². The van der Waals surface area contributed by atoms with E-state index in [0.29, 0.717) is 0 Å². The van der Waals surface area contributed by atoms with Gasteiger partial charge in [-0.15, -0.1) is 0 Å². The molecule has 0 unspecified atom stereocenters. The lowest BCUT2D eigenvalue weighted by molar-refractivity contribution is 0.200. The second-order valence-electron chi connectivity index (χ2n) is 6.41. The van der Waals surface area contributed by atoms with Gasteiger partial charge in [-0.1, -0.05) is 13.0 Å². The van der Waals surface area contributed by atoms with Crippen molar-refractivity contribution in [1.82, 2.24) is 10.7 Å². The minimum Gasteiger partial charge on any atom is -0.342 e. The molecular formula is C16H23N3S. The van der Waals surface area contributed by atoms with Crippen molar-refractivity contribution in [2.75, 3.05) is 5.01 Å². The molecular weight excluding hydrogens is 266 g/mol. The number of aryl methyl sites for hydroxylation is 2.